The standard InChI is InChI=1S/C23H25BrN2O4/c1-15-17-10-19-20(30-9-8-29-19)11-18(17)23(6-2-3-7-23)14-26(15)22(28)13-25-12-16(24)4-5-21(25)27/h4-5,10-12,15H,2-3,6-9,13-14H2,1H3. The molecule has 0 N–H and O–H groups in total. The monoisotopic (exact) mass is 472 g/mol. The normalized spacial score (nSPS) is 21.5. The second-order valence-corrected chi connectivity index (χ2v) is 9.50. The molecule has 1 aliphatic carbocycles. The van der Waals surface area contributed by atoms with E-state index < -0.39 is 0 Å². The summed E-state index contributed by atoms with van der Waals surface area (Å²) < 4.78 is 13.9. The minimum Gasteiger partial charge on any atom is -0.486 e. The number of rotatable bonds is 2. The van der Waals surface area contributed by atoms with Crippen molar-refractivity contribution in [1.82, 2.24) is 9.47 Å². The number of amides is 1. The average molecular weight is 473 g/mol. The molecule has 0 radical (unpaired) electrons. The highest BCUT2D eigenvalue weighted by atomic mass is 79.9. The van der Waals surface area contributed by atoms with Crippen LogP contribution >= 0.6 is 15.9 Å². The Morgan fingerprint density at radius 2 is 1.87 bits per heavy atom. The summed E-state index contributed by atoms with van der Waals surface area (Å²) in [5.74, 6) is 1.55. The number of carbonyl (C=O) groups excluding carboxylic acids is 1. The SMILES string of the molecule is CC1c2cc3c(cc2C2(CCCC2)CN1C(=O)Cn1cc(Br)ccc1=O)OCCO3. The third-order valence-corrected chi connectivity index (χ3v) is 7.28. The third-order valence-electron chi connectivity index (χ3n) is 6.81. The molecule has 1 aromatic heterocycles. The summed E-state index contributed by atoms with van der Waals surface area (Å²) in [4.78, 5) is 27.6. The zero-order valence-electron chi connectivity index (χ0n) is 17.0. The first-order valence-corrected chi connectivity index (χ1v) is 11.4. The minimum absolute atomic E-state index is 0.0329. The maximum absolute atomic E-state index is 13.4. The van der Waals surface area contributed by atoms with E-state index in [1.807, 2.05) is 4.90 Å². The molecule has 0 bridgehead atoms. The molecule has 2 aliphatic heterocycles. The van der Waals surface area contributed by atoms with Gasteiger partial charge in [-0.1, -0.05) is 12.8 Å². The van der Waals surface area contributed by atoms with Gasteiger partial charge in [-0.25, -0.2) is 0 Å². The molecule has 5 rings (SSSR count). The first-order chi connectivity index (χ1) is 14.5. The smallest absolute Gasteiger partial charge is 0.251 e. The number of fused-ring (bicyclic) bond motifs is 3. The Bertz CT molecular complexity index is 1060. The molecule has 3 heterocycles. The van der Waals surface area contributed by atoms with Crippen molar-refractivity contribution in [2.75, 3.05) is 19.8 Å². The zero-order valence-corrected chi connectivity index (χ0v) is 18.6. The molecule has 1 atom stereocenters. The lowest BCUT2D eigenvalue weighted by Crippen LogP contribution is -2.50. The topological polar surface area (TPSA) is 60.8 Å². The van der Waals surface area contributed by atoms with E-state index >= 15 is 0 Å². The molecule has 2 aromatic rings. The molecule has 1 fully saturated rings. The van der Waals surface area contributed by atoms with Gasteiger partial charge >= 0.3 is 0 Å². The van der Waals surface area contributed by atoms with Crippen molar-refractivity contribution in [3.8, 4) is 11.5 Å². The molecule has 158 valence electrons. The van der Waals surface area contributed by atoms with Crippen LogP contribution in [0.5, 0.6) is 11.5 Å². The van der Waals surface area contributed by atoms with Crippen molar-refractivity contribution < 1.29 is 14.3 Å². The van der Waals surface area contributed by atoms with Crippen LogP contribution in [-0.4, -0.2) is 35.1 Å². The summed E-state index contributed by atoms with van der Waals surface area (Å²) in [6.45, 7) is 3.90. The lowest BCUT2D eigenvalue weighted by atomic mass is 9.71. The van der Waals surface area contributed by atoms with Crippen molar-refractivity contribution in [2.24, 2.45) is 0 Å². The summed E-state index contributed by atoms with van der Waals surface area (Å²) in [5.41, 5.74) is 2.23. The molecule has 1 unspecified atom stereocenters. The number of aromatic nitrogens is 1. The molecule has 3 aliphatic rings. The van der Waals surface area contributed by atoms with Crippen molar-refractivity contribution in [2.45, 2.75) is 50.6 Å². The molecule has 1 aromatic carbocycles. The fourth-order valence-corrected chi connectivity index (χ4v) is 5.65. The number of hydrogen-bond acceptors (Lipinski definition) is 4. The summed E-state index contributed by atoms with van der Waals surface area (Å²) in [6, 6.07) is 7.32. The lowest BCUT2D eigenvalue weighted by Gasteiger charge is -2.46. The van der Waals surface area contributed by atoms with E-state index in [9.17, 15) is 9.59 Å². The van der Waals surface area contributed by atoms with Gasteiger partial charge in [-0.3, -0.25) is 9.59 Å². The zero-order chi connectivity index (χ0) is 20.9. The van der Waals surface area contributed by atoms with E-state index in [0.717, 1.165) is 47.2 Å². The number of carbonyl (C=O) groups is 1. The van der Waals surface area contributed by atoms with Crippen LogP contribution < -0.4 is 15.0 Å². The maximum atomic E-state index is 13.4. The first kappa shape index (κ1) is 19.7. The minimum atomic E-state index is -0.174. The number of benzene rings is 1. The predicted molar refractivity (Wildman–Crippen MR) is 116 cm³/mol. The quantitative estimate of drug-likeness (QED) is 0.666. The highest BCUT2D eigenvalue weighted by molar-refractivity contribution is 9.10. The molecule has 0 saturated heterocycles. The molecule has 1 amide bonds. The number of hydrogen-bond donors (Lipinski definition) is 0. The van der Waals surface area contributed by atoms with E-state index in [2.05, 4.69) is 35.0 Å². The van der Waals surface area contributed by atoms with Crippen LogP contribution in [0.2, 0.25) is 0 Å². The highest BCUT2D eigenvalue weighted by Crippen LogP contribution is 2.51. The van der Waals surface area contributed by atoms with E-state index in [1.165, 1.54) is 16.2 Å². The van der Waals surface area contributed by atoms with Crippen LogP contribution in [-0.2, 0) is 16.8 Å². The van der Waals surface area contributed by atoms with Gasteiger partial charge < -0.3 is 18.9 Å². The Balaban J connectivity index is 1.53. The fourth-order valence-electron chi connectivity index (χ4n) is 5.27. The number of pyridine rings is 1. The third kappa shape index (κ3) is 3.23. The van der Waals surface area contributed by atoms with Crippen molar-refractivity contribution in [1.29, 1.82) is 0 Å². The Hall–Kier alpha value is -2.28. The second-order valence-electron chi connectivity index (χ2n) is 8.58. The van der Waals surface area contributed by atoms with Crippen molar-refractivity contribution in [3.63, 3.8) is 0 Å². The van der Waals surface area contributed by atoms with E-state index in [1.54, 1.807) is 12.3 Å². The Morgan fingerprint density at radius 3 is 2.60 bits per heavy atom. The van der Waals surface area contributed by atoms with Gasteiger partial charge in [0.2, 0.25) is 5.91 Å². The van der Waals surface area contributed by atoms with Crippen LogP contribution in [0, 0.1) is 0 Å². The van der Waals surface area contributed by atoms with Crippen LogP contribution in [0.15, 0.2) is 39.7 Å². The van der Waals surface area contributed by atoms with Crippen LogP contribution in [0.25, 0.3) is 0 Å². The van der Waals surface area contributed by atoms with Gasteiger partial charge in [0.25, 0.3) is 5.56 Å². The van der Waals surface area contributed by atoms with Gasteiger partial charge in [-0.05, 0) is 65.0 Å². The summed E-state index contributed by atoms with van der Waals surface area (Å²) in [5, 5.41) is 0. The molecular formula is C23H25BrN2O4. The number of ether oxygens (including phenoxy) is 2. The van der Waals surface area contributed by atoms with Gasteiger partial charge in [0, 0.05) is 28.7 Å². The van der Waals surface area contributed by atoms with Crippen LogP contribution in [0.3, 0.4) is 0 Å². The summed E-state index contributed by atoms with van der Waals surface area (Å²) >= 11 is 3.39. The van der Waals surface area contributed by atoms with Crippen molar-refractivity contribution in [3.05, 3.63) is 56.4 Å². The molecule has 1 saturated carbocycles. The summed E-state index contributed by atoms with van der Waals surface area (Å²) in [6.07, 6.45) is 6.13. The molecular weight excluding hydrogens is 448 g/mol. The summed E-state index contributed by atoms with van der Waals surface area (Å²) in [7, 11) is 0. The van der Waals surface area contributed by atoms with Crippen LogP contribution in [0.4, 0.5) is 0 Å². The molecule has 1 spiro atoms. The number of halogens is 1. The molecule has 30 heavy (non-hydrogen) atoms. The van der Waals surface area contributed by atoms with E-state index in [4.69, 9.17) is 9.47 Å². The molecule has 7 heteroatoms. The Labute approximate surface area is 183 Å². The molecule has 6 nitrogen and oxygen atoms in total. The van der Waals surface area contributed by atoms with Gasteiger partial charge in [-0.15, -0.1) is 0 Å². The maximum Gasteiger partial charge on any atom is 0.251 e. The van der Waals surface area contributed by atoms with Crippen LogP contribution in [0.1, 0.15) is 49.8 Å². The second kappa shape index (κ2) is 7.45. The van der Waals surface area contributed by atoms with Gasteiger partial charge in [0.05, 0.1) is 6.04 Å². The van der Waals surface area contributed by atoms with Crippen molar-refractivity contribution >= 4 is 21.8 Å². The fraction of sp³-hybridized carbons (Fsp3) is 0.478. The number of nitrogens with zero attached hydrogens (tertiary/aromatic N) is 2. The largest absolute Gasteiger partial charge is 0.486 e. The first-order valence-electron chi connectivity index (χ1n) is 10.6. The lowest BCUT2D eigenvalue weighted by molar-refractivity contribution is -0.135. The van der Waals surface area contributed by atoms with Gasteiger partial charge in [-0.2, -0.15) is 0 Å². The average Bonchev–Trinajstić information content (AvgIpc) is 3.22. The van der Waals surface area contributed by atoms with E-state index in [-0.39, 0.29) is 29.5 Å². The predicted octanol–water partition coefficient (Wildman–Crippen LogP) is 3.80. The van der Waals surface area contributed by atoms with Gasteiger partial charge in [0.1, 0.15) is 19.8 Å². The highest BCUT2D eigenvalue weighted by Gasteiger charge is 2.46. The Morgan fingerprint density at radius 1 is 1.17 bits per heavy atom. The van der Waals surface area contributed by atoms with Gasteiger partial charge in [0.15, 0.2) is 11.5 Å². The Kier molecular flexibility index (Phi) is 4.88. The van der Waals surface area contributed by atoms with E-state index in [0.29, 0.717) is 19.8 Å².